The lowest BCUT2D eigenvalue weighted by atomic mass is 10.1. The van der Waals surface area contributed by atoms with Crippen LogP contribution < -0.4 is 10.5 Å². The summed E-state index contributed by atoms with van der Waals surface area (Å²) in [7, 11) is 0. The largest absolute Gasteiger partial charge is 0.486 e. The van der Waals surface area contributed by atoms with E-state index in [1.165, 1.54) is 24.3 Å². The molecule has 0 amide bonds. The molecular weight excluding hydrogens is 334 g/mol. The van der Waals surface area contributed by atoms with Crippen molar-refractivity contribution in [3.63, 3.8) is 0 Å². The van der Waals surface area contributed by atoms with E-state index >= 15 is 0 Å². The molecule has 1 atom stereocenters. The molecule has 2 N–H and O–H groups in total. The first-order valence-electron chi connectivity index (χ1n) is 6.15. The Bertz CT molecular complexity index is 740. The standard InChI is InChI=1S/C14H11Cl2FN2O3/c1-7(13-9(15)3-4-10(17)14(13)16)22-8-2-5-11(18)12(6-8)19(20)21/h2-7H,18H2,1H3. The number of rotatable bonds is 4. The van der Waals surface area contributed by atoms with Gasteiger partial charge in [-0.25, -0.2) is 4.39 Å². The lowest BCUT2D eigenvalue weighted by Gasteiger charge is -2.18. The lowest BCUT2D eigenvalue weighted by Crippen LogP contribution is -2.06. The number of anilines is 1. The number of nitro groups is 1. The molecule has 0 saturated carbocycles. The average Bonchev–Trinajstić information content (AvgIpc) is 2.45. The van der Waals surface area contributed by atoms with Crippen LogP contribution in [0.4, 0.5) is 15.8 Å². The Balaban J connectivity index is 2.34. The van der Waals surface area contributed by atoms with Gasteiger partial charge in [-0.1, -0.05) is 23.2 Å². The van der Waals surface area contributed by atoms with E-state index in [1.807, 2.05) is 0 Å². The summed E-state index contributed by atoms with van der Waals surface area (Å²) in [6.07, 6.45) is -0.709. The SMILES string of the molecule is CC(Oc1ccc(N)c([N+](=O)[O-])c1)c1c(Cl)ccc(F)c1Cl. The van der Waals surface area contributed by atoms with Crippen molar-refractivity contribution >= 4 is 34.6 Å². The van der Waals surface area contributed by atoms with Crippen LogP contribution in [0.1, 0.15) is 18.6 Å². The van der Waals surface area contributed by atoms with Gasteiger partial charge in [-0.05, 0) is 31.2 Å². The maximum atomic E-state index is 13.5. The quantitative estimate of drug-likeness (QED) is 0.375. The first-order chi connectivity index (χ1) is 10.3. The number of nitrogens with two attached hydrogens (primary N) is 1. The number of halogens is 3. The summed E-state index contributed by atoms with van der Waals surface area (Å²) in [5.41, 5.74) is 5.52. The molecule has 1 unspecified atom stereocenters. The summed E-state index contributed by atoms with van der Waals surface area (Å²) >= 11 is 11.9. The van der Waals surface area contributed by atoms with Crippen molar-refractivity contribution in [1.82, 2.24) is 0 Å². The van der Waals surface area contributed by atoms with E-state index in [4.69, 9.17) is 33.7 Å². The number of ether oxygens (including phenoxy) is 1. The number of nitro benzene ring substituents is 1. The van der Waals surface area contributed by atoms with Gasteiger partial charge in [-0.3, -0.25) is 10.1 Å². The number of hydrogen-bond acceptors (Lipinski definition) is 4. The van der Waals surface area contributed by atoms with Crippen LogP contribution in [0.5, 0.6) is 5.75 Å². The van der Waals surface area contributed by atoms with Crippen LogP contribution >= 0.6 is 23.2 Å². The Morgan fingerprint density at radius 1 is 1.32 bits per heavy atom. The van der Waals surface area contributed by atoms with E-state index in [1.54, 1.807) is 6.92 Å². The maximum absolute atomic E-state index is 13.5. The van der Waals surface area contributed by atoms with Gasteiger partial charge in [0, 0.05) is 10.6 Å². The van der Waals surface area contributed by atoms with E-state index in [-0.39, 0.29) is 32.7 Å². The lowest BCUT2D eigenvalue weighted by molar-refractivity contribution is -0.384. The highest BCUT2D eigenvalue weighted by atomic mass is 35.5. The van der Waals surface area contributed by atoms with Gasteiger partial charge >= 0.3 is 0 Å². The summed E-state index contributed by atoms with van der Waals surface area (Å²) in [5, 5.41) is 11.0. The molecule has 0 bridgehead atoms. The van der Waals surface area contributed by atoms with Gasteiger partial charge in [0.25, 0.3) is 5.69 Å². The Labute approximate surface area is 135 Å². The molecule has 0 heterocycles. The highest BCUT2D eigenvalue weighted by molar-refractivity contribution is 6.36. The maximum Gasteiger partial charge on any atom is 0.295 e. The second-order valence-corrected chi connectivity index (χ2v) is 5.28. The predicted octanol–water partition coefficient (Wildman–Crippen LogP) is 4.76. The monoisotopic (exact) mass is 344 g/mol. The summed E-state index contributed by atoms with van der Waals surface area (Å²) in [6, 6.07) is 6.53. The molecule has 0 saturated heterocycles. The third kappa shape index (κ3) is 3.23. The molecule has 0 aliphatic carbocycles. The van der Waals surface area contributed by atoms with Crippen LogP contribution in [0.25, 0.3) is 0 Å². The molecule has 2 aromatic rings. The Hall–Kier alpha value is -2.05. The second-order valence-electron chi connectivity index (χ2n) is 4.49. The van der Waals surface area contributed by atoms with Crippen molar-refractivity contribution in [1.29, 1.82) is 0 Å². The van der Waals surface area contributed by atoms with E-state index in [9.17, 15) is 14.5 Å². The van der Waals surface area contributed by atoms with Crippen LogP contribution in [0.3, 0.4) is 0 Å². The summed E-state index contributed by atoms with van der Waals surface area (Å²) in [5.74, 6) is -0.426. The molecule has 2 rings (SSSR count). The van der Waals surface area contributed by atoms with Crippen LogP contribution in [0.15, 0.2) is 30.3 Å². The number of benzene rings is 2. The molecule has 0 radical (unpaired) electrons. The normalized spacial score (nSPS) is 12.0. The smallest absolute Gasteiger partial charge is 0.295 e. The van der Waals surface area contributed by atoms with Crippen molar-refractivity contribution in [2.24, 2.45) is 0 Å². The van der Waals surface area contributed by atoms with E-state index in [2.05, 4.69) is 0 Å². The van der Waals surface area contributed by atoms with Gasteiger partial charge in [-0.15, -0.1) is 0 Å². The van der Waals surface area contributed by atoms with Gasteiger partial charge < -0.3 is 10.5 Å². The Kier molecular flexibility index (Phi) is 4.73. The predicted molar refractivity (Wildman–Crippen MR) is 83.0 cm³/mol. The Morgan fingerprint density at radius 3 is 2.64 bits per heavy atom. The zero-order valence-corrected chi connectivity index (χ0v) is 12.9. The summed E-state index contributed by atoms with van der Waals surface area (Å²) < 4.78 is 19.1. The molecule has 0 spiro atoms. The second kappa shape index (κ2) is 6.37. The van der Waals surface area contributed by atoms with Gasteiger partial charge in [0.05, 0.1) is 16.0 Å². The van der Waals surface area contributed by atoms with Crippen molar-refractivity contribution in [3.8, 4) is 5.75 Å². The summed E-state index contributed by atoms with van der Waals surface area (Å²) in [4.78, 5) is 10.2. The van der Waals surface area contributed by atoms with Crippen LogP contribution in [-0.4, -0.2) is 4.92 Å². The van der Waals surface area contributed by atoms with Gasteiger partial charge in [-0.2, -0.15) is 0 Å². The third-order valence-corrected chi connectivity index (χ3v) is 3.71. The fraction of sp³-hybridized carbons (Fsp3) is 0.143. The molecule has 8 heteroatoms. The van der Waals surface area contributed by atoms with Crippen LogP contribution in [-0.2, 0) is 0 Å². The minimum Gasteiger partial charge on any atom is -0.486 e. The zero-order valence-electron chi connectivity index (χ0n) is 11.3. The topological polar surface area (TPSA) is 78.4 Å². The van der Waals surface area contributed by atoms with Crippen molar-refractivity contribution < 1.29 is 14.1 Å². The fourth-order valence-electron chi connectivity index (χ4n) is 1.93. The van der Waals surface area contributed by atoms with Gasteiger partial charge in [0.1, 0.15) is 23.4 Å². The van der Waals surface area contributed by atoms with Crippen LogP contribution in [0, 0.1) is 15.9 Å². The summed E-state index contributed by atoms with van der Waals surface area (Å²) in [6.45, 7) is 1.61. The number of hydrogen-bond donors (Lipinski definition) is 1. The molecule has 0 aromatic heterocycles. The molecular formula is C14H11Cl2FN2O3. The average molecular weight is 345 g/mol. The van der Waals surface area contributed by atoms with Gasteiger partial charge in [0.2, 0.25) is 0 Å². The van der Waals surface area contributed by atoms with E-state index < -0.39 is 16.8 Å². The Morgan fingerprint density at radius 2 is 2.00 bits per heavy atom. The van der Waals surface area contributed by atoms with Crippen molar-refractivity contribution in [3.05, 3.63) is 61.9 Å². The highest BCUT2D eigenvalue weighted by Gasteiger charge is 2.20. The molecule has 116 valence electrons. The van der Waals surface area contributed by atoms with Gasteiger partial charge in [0.15, 0.2) is 0 Å². The minimum atomic E-state index is -0.709. The molecule has 0 aliphatic rings. The van der Waals surface area contributed by atoms with E-state index in [0.717, 1.165) is 6.07 Å². The fourth-order valence-corrected chi connectivity index (χ4v) is 2.61. The van der Waals surface area contributed by atoms with Crippen molar-refractivity contribution in [2.75, 3.05) is 5.73 Å². The molecule has 0 fully saturated rings. The molecule has 5 nitrogen and oxygen atoms in total. The van der Waals surface area contributed by atoms with Crippen LogP contribution in [0.2, 0.25) is 10.0 Å². The number of nitrogens with zero attached hydrogens (tertiary/aromatic N) is 1. The molecule has 2 aromatic carbocycles. The van der Waals surface area contributed by atoms with Crippen molar-refractivity contribution in [2.45, 2.75) is 13.0 Å². The highest BCUT2D eigenvalue weighted by Crippen LogP contribution is 2.36. The molecule has 22 heavy (non-hydrogen) atoms. The minimum absolute atomic E-state index is 0.0202. The number of nitrogen functional groups attached to an aromatic ring is 1. The first-order valence-corrected chi connectivity index (χ1v) is 6.90. The van der Waals surface area contributed by atoms with E-state index in [0.29, 0.717) is 0 Å². The third-order valence-electron chi connectivity index (χ3n) is 3.00. The first kappa shape index (κ1) is 16.3. The molecule has 0 aliphatic heterocycles. The zero-order chi connectivity index (χ0) is 16.4.